The quantitative estimate of drug-likeness (QED) is 0.312. The fraction of sp³-hybridized carbons (Fsp3) is 0.241. The Balaban J connectivity index is 1.20. The van der Waals surface area contributed by atoms with Gasteiger partial charge in [-0.25, -0.2) is 9.97 Å². The second-order valence-electron chi connectivity index (χ2n) is 9.84. The van der Waals surface area contributed by atoms with Crippen LogP contribution in [-0.4, -0.2) is 65.8 Å². The highest BCUT2D eigenvalue weighted by Crippen LogP contribution is 2.33. The van der Waals surface area contributed by atoms with Gasteiger partial charge in [0.05, 0.1) is 28.6 Å². The number of pyridine rings is 2. The van der Waals surface area contributed by atoms with E-state index in [4.69, 9.17) is 4.74 Å². The van der Waals surface area contributed by atoms with Crippen LogP contribution in [0, 0.1) is 6.92 Å². The maximum atomic E-state index is 6.04. The summed E-state index contributed by atoms with van der Waals surface area (Å²) in [6, 6.07) is 12.4. The van der Waals surface area contributed by atoms with E-state index in [0.717, 1.165) is 68.1 Å². The van der Waals surface area contributed by atoms with Crippen LogP contribution in [0.4, 0.5) is 0 Å². The Morgan fingerprint density at radius 1 is 0.947 bits per heavy atom. The predicted molar refractivity (Wildman–Crippen MR) is 147 cm³/mol. The summed E-state index contributed by atoms with van der Waals surface area (Å²) >= 11 is 0. The minimum Gasteiger partial charge on any atom is -0.491 e. The van der Waals surface area contributed by atoms with Crippen LogP contribution >= 0.6 is 0 Å². The van der Waals surface area contributed by atoms with Gasteiger partial charge in [0.25, 0.3) is 0 Å². The third-order valence-electron chi connectivity index (χ3n) is 7.22. The molecule has 1 aromatic carbocycles. The van der Waals surface area contributed by atoms with Gasteiger partial charge in [-0.05, 0) is 68.8 Å². The van der Waals surface area contributed by atoms with Crippen molar-refractivity contribution in [1.82, 2.24) is 39.6 Å². The van der Waals surface area contributed by atoms with Gasteiger partial charge in [0.2, 0.25) is 0 Å². The molecule has 0 aliphatic carbocycles. The number of hydrogen-bond donors (Lipinski definition) is 2. The highest BCUT2D eigenvalue weighted by molar-refractivity contribution is 5.98. The predicted octanol–water partition coefficient (Wildman–Crippen LogP) is 5.14. The smallest absolute Gasteiger partial charge is 0.147 e. The second-order valence-corrected chi connectivity index (χ2v) is 9.84. The standard InChI is InChI=1S/C29H28N8O/c1-19-17-37(18-32-19)29-24-14-27(33-25(24)6-7-31-29)28-23-13-20(4-5-26(23)34-35-28)21-12-22(16-30-15-21)38-11-10-36-8-2-3-9-36/h4-7,12-18,33H,2-3,8-11H2,1H3,(H,34,35). The van der Waals surface area contributed by atoms with E-state index in [1.54, 1.807) is 18.7 Å². The molecule has 0 bridgehead atoms. The molecule has 9 nitrogen and oxygen atoms in total. The summed E-state index contributed by atoms with van der Waals surface area (Å²) in [4.78, 5) is 19.4. The zero-order valence-corrected chi connectivity index (χ0v) is 21.2. The van der Waals surface area contributed by atoms with Gasteiger partial charge in [-0.15, -0.1) is 0 Å². The summed E-state index contributed by atoms with van der Waals surface area (Å²) < 4.78 is 7.99. The summed E-state index contributed by atoms with van der Waals surface area (Å²) in [5.74, 6) is 1.62. The molecule has 0 atom stereocenters. The molecule has 0 saturated carbocycles. The maximum Gasteiger partial charge on any atom is 0.147 e. The maximum absolute atomic E-state index is 6.04. The fourth-order valence-electron chi connectivity index (χ4n) is 5.26. The summed E-state index contributed by atoms with van der Waals surface area (Å²) in [5, 5.41) is 9.88. The number of imidazole rings is 1. The molecule has 7 rings (SSSR count). The molecule has 1 aliphatic heterocycles. The van der Waals surface area contributed by atoms with Crippen molar-refractivity contribution in [1.29, 1.82) is 0 Å². The van der Waals surface area contributed by atoms with Crippen LogP contribution in [0.3, 0.4) is 0 Å². The van der Waals surface area contributed by atoms with E-state index >= 15 is 0 Å². The Morgan fingerprint density at radius 3 is 2.74 bits per heavy atom. The van der Waals surface area contributed by atoms with E-state index in [-0.39, 0.29) is 0 Å². The average molecular weight is 505 g/mol. The normalized spacial score (nSPS) is 14.1. The lowest BCUT2D eigenvalue weighted by Crippen LogP contribution is -2.25. The number of likely N-dealkylation sites (tertiary alicyclic amines) is 1. The lowest BCUT2D eigenvalue weighted by atomic mass is 10.0. The third kappa shape index (κ3) is 4.20. The molecule has 0 amide bonds. The minimum atomic E-state index is 0.673. The van der Waals surface area contributed by atoms with Gasteiger partial charge < -0.3 is 9.72 Å². The van der Waals surface area contributed by atoms with Crippen molar-refractivity contribution in [3.8, 4) is 34.1 Å². The molecule has 0 radical (unpaired) electrons. The van der Waals surface area contributed by atoms with Crippen molar-refractivity contribution >= 4 is 21.8 Å². The molecule has 5 aromatic heterocycles. The molecule has 38 heavy (non-hydrogen) atoms. The number of hydrogen-bond acceptors (Lipinski definition) is 6. The molecule has 1 saturated heterocycles. The van der Waals surface area contributed by atoms with Crippen molar-refractivity contribution in [3.05, 3.63) is 73.2 Å². The Hall–Kier alpha value is -4.50. The van der Waals surface area contributed by atoms with E-state index in [1.165, 1.54) is 25.9 Å². The molecular formula is C29H28N8O. The Kier molecular flexibility index (Phi) is 5.62. The Labute approximate surface area is 219 Å². The molecular weight excluding hydrogens is 476 g/mol. The molecule has 0 unspecified atom stereocenters. The lowest BCUT2D eigenvalue weighted by Gasteiger charge is -2.15. The van der Waals surface area contributed by atoms with E-state index in [2.05, 4.69) is 65.4 Å². The number of benzene rings is 1. The molecule has 9 heteroatoms. The number of aromatic amines is 2. The molecule has 6 heterocycles. The second kappa shape index (κ2) is 9.42. The van der Waals surface area contributed by atoms with E-state index < -0.39 is 0 Å². The first-order valence-corrected chi connectivity index (χ1v) is 13.0. The molecule has 1 fully saturated rings. The van der Waals surface area contributed by atoms with Gasteiger partial charge in [0, 0.05) is 41.5 Å². The monoisotopic (exact) mass is 504 g/mol. The first kappa shape index (κ1) is 22.7. The van der Waals surface area contributed by atoms with Gasteiger partial charge in [-0.1, -0.05) is 6.07 Å². The number of aromatic nitrogens is 7. The van der Waals surface area contributed by atoms with Gasteiger partial charge in [0.15, 0.2) is 0 Å². The number of H-pyrrole nitrogens is 2. The topological polar surface area (TPSA) is 101 Å². The van der Waals surface area contributed by atoms with Crippen molar-refractivity contribution in [3.63, 3.8) is 0 Å². The average Bonchev–Trinajstić information content (AvgIpc) is 3.74. The van der Waals surface area contributed by atoms with Crippen molar-refractivity contribution in [2.45, 2.75) is 19.8 Å². The van der Waals surface area contributed by atoms with Crippen LogP contribution in [0.5, 0.6) is 5.75 Å². The molecule has 190 valence electrons. The van der Waals surface area contributed by atoms with Crippen molar-refractivity contribution < 1.29 is 4.74 Å². The zero-order valence-electron chi connectivity index (χ0n) is 21.2. The van der Waals surface area contributed by atoms with Gasteiger partial charge in [-0.2, -0.15) is 5.10 Å². The summed E-state index contributed by atoms with van der Waals surface area (Å²) in [7, 11) is 0. The number of ether oxygens (including phenoxy) is 1. The van der Waals surface area contributed by atoms with Crippen LogP contribution in [0.25, 0.3) is 50.1 Å². The number of nitrogens with one attached hydrogen (secondary N) is 2. The summed E-state index contributed by atoms with van der Waals surface area (Å²) in [6.07, 6.45) is 11.8. The summed E-state index contributed by atoms with van der Waals surface area (Å²) in [6.45, 7) is 5.94. The Bertz CT molecular complexity index is 1740. The van der Waals surface area contributed by atoms with Crippen LogP contribution in [0.15, 0.2) is 67.5 Å². The molecule has 0 spiro atoms. The van der Waals surface area contributed by atoms with Gasteiger partial charge >= 0.3 is 0 Å². The van der Waals surface area contributed by atoms with E-state index in [0.29, 0.717) is 6.61 Å². The van der Waals surface area contributed by atoms with E-state index in [9.17, 15) is 0 Å². The van der Waals surface area contributed by atoms with Gasteiger partial charge in [-0.3, -0.25) is 19.5 Å². The molecule has 2 N–H and O–H groups in total. The number of rotatable bonds is 7. The van der Waals surface area contributed by atoms with E-state index in [1.807, 2.05) is 30.0 Å². The van der Waals surface area contributed by atoms with Crippen molar-refractivity contribution in [2.75, 3.05) is 26.2 Å². The number of nitrogens with zero attached hydrogens (tertiary/aromatic N) is 6. The largest absolute Gasteiger partial charge is 0.491 e. The molecule has 1 aliphatic rings. The van der Waals surface area contributed by atoms with Crippen LogP contribution in [0.2, 0.25) is 0 Å². The Morgan fingerprint density at radius 2 is 1.87 bits per heavy atom. The zero-order chi connectivity index (χ0) is 25.5. The highest BCUT2D eigenvalue weighted by Gasteiger charge is 2.16. The first-order chi connectivity index (χ1) is 18.7. The third-order valence-corrected chi connectivity index (χ3v) is 7.22. The minimum absolute atomic E-state index is 0.673. The number of aryl methyl sites for hydroxylation is 1. The SMILES string of the molecule is Cc1cn(-c2nccc3[nH]c(-c4n[nH]c5ccc(-c6cncc(OCCN7CCCC7)c6)cc45)cc23)cn1. The van der Waals surface area contributed by atoms with Crippen LogP contribution < -0.4 is 4.74 Å². The summed E-state index contributed by atoms with van der Waals surface area (Å²) in [5.41, 5.74) is 6.76. The fourth-order valence-corrected chi connectivity index (χ4v) is 5.26. The molecule has 6 aromatic rings. The highest BCUT2D eigenvalue weighted by atomic mass is 16.5. The lowest BCUT2D eigenvalue weighted by molar-refractivity contribution is 0.237. The first-order valence-electron chi connectivity index (χ1n) is 13.0. The number of fused-ring (bicyclic) bond motifs is 2. The van der Waals surface area contributed by atoms with Crippen LogP contribution in [-0.2, 0) is 0 Å². The van der Waals surface area contributed by atoms with Gasteiger partial charge in [0.1, 0.15) is 30.2 Å². The van der Waals surface area contributed by atoms with Crippen LogP contribution in [0.1, 0.15) is 18.5 Å². The van der Waals surface area contributed by atoms with Crippen molar-refractivity contribution in [2.24, 2.45) is 0 Å².